The average molecular weight is 303 g/mol. The largest absolute Gasteiger partial charge is 0.302 e. The summed E-state index contributed by atoms with van der Waals surface area (Å²) >= 11 is 9.48. The lowest BCUT2D eigenvalue weighted by Gasteiger charge is -2.34. The SMILES string of the molecule is CN(Cc1cccc(Br)c1)CC1CC(Cl)C1. The van der Waals surface area contributed by atoms with E-state index in [1.807, 2.05) is 0 Å². The highest BCUT2D eigenvalue weighted by molar-refractivity contribution is 9.10. The van der Waals surface area contributed by atoms with E-state index in [9.17, 15) is 0 Å². The molecular formula is C13H17BrClN. The third-order valence-corrected chi connectivity index (χ3v) is 3.94. The summed E-state index contributed by atoms with van der Waals surface area (Å²) in [5.41, 5.74) is 1.36. The molecular weight excluding hydrogens is 286 g/mol. The van der Waals surface area contributed by atoms with Gasteiger partial charge in [0.25, 0.3) is 0 Å². The molecule has 1 aromatic rings. The molecule has 1 aliphatic rings. The zero-order valence-electron chi connectivity index (χ0n) is 9.50. The highest BCUT2D eigenvalue weighted by Gasteiger charge is 2.27. The molecule has 0 aliphatic heterocycles. The van der Waals surface area contributed by atoms with Crippen LogP contribution in [0.1, 0.15) is 18.4 Å². The molecule has 0 bridgehead atoms. The summed E-state index contributed by atoms with van der Waals surface area (Å²) in [6.07, 6.45) is 2.37. The highest BCUT2D eigenvalue weighted by atomic mass is 79.9. The Balaban J connectivity index is 1.80. The molecule has 0 unspecified atom stereocenters. The number of hydrogen-bond acceptors (Lipinski definition) is 1. The smallest absolute Gasteiger partial charge is 0.0342 e. The number of rotatable bonds is 4. The molecule has 0 radical (unpaired) electrons. The van der Waals surface area contributed by atoms with E-state index in [1.54, 1.807) is 0 Å². The van der Waals surface area contributed by atoms with Crippen molar-refractivity contribution in [2.45, 2.75) is 24.8 Å². The Morgan fingerprint density at radius 3 is 2.81 bits per heavy atom. The summed E-state index contributed by atoms with van der Waals surface area (Å²) in [5.74, 6) is 0.805. The van der Waals surface area contributed by atoms with Gasteiger partial charge in [-0.2, -0.15) is 0 Å². The Labute approximate surface area is 111 Å². The van der Waals surface area contributed by atoms with Crippen LogP contribution in [0.5, 0.6) is 0 Å². The molecule has 16 heavy (non-hydrogen) atoms. The van der Waals surface area contributed by atoms with E-state index < -0.39 is 0 Å². The van der Waals surface area contributed by atoms with Gasteiger partial charge in [0, 0.05) is 22.9 Å². The zero-order chi connectivity index (χ0) is 11.5. The van der Waals surface area contributed by atoms with Gasteiger partial charge in [-0.15, -0.1) is 11.6 Å². The van der Waals surface area contributed by atoms with Crippen LogP contribution in [0.4, 0.5) is 0 Å². The minimum absolute atomic E-state index is 0.435. The third-order valence-electron chi connectivity index (χ3n) is 3.09. The van der Waals surface area contributed by atoms with Gasteiger partial charge in [0.15, 0.2) is 0 Å². The van der Waals surface area contributed by atoms with Crippen molar-refractivity contribution in [3.05, 3.63) is 34.3 Å². The van der Waals surface area contributed by atoms with Crippen molar-refractivity contribution in [1.82, 2.24) is 4.90 Å². The lowest BCUT2D eigenvalue weighted by molar-refractivity contribution is 0.204. The van der Waals surface area contributed by atoms with Gasteiger partial charge >= 0.3 is 0 Å². The minimum atomic E-state index is 0.435. The molecule has 88 valence electrons. The van der Waals surface area contributed by atoms with Crippen LogP contribution in [-0.4, -0.2) is 23.9 Å². The van der Waals surface area contributed by atoms with E-state index in [1.165, 1.54) is 18.4 Å². The molecule has 0 amide bonds. The predicted molar refractivity (Wildman–Crippen MR) is 72.8 cm³/mol. The van der Waals surface area contributed by atoms with Gasteiger partial charge in [-0.25, -0.2) is 0 Å². The predicted octanol–water partition coefficient (Wildman–Crippen LogP) is 3.90. The Bertz CT molecular complexity index is 350. The van der Waals surface area contributed by atoms with Crippen molar-refractivity contribution >= 4 is 27.5 Å². The summed E-state index contributed by atoms with van der Waals surface area (Å²) in [6.45, 7) is 2.18. The third kappa shape index (κ3) is 3.47. The van der Waals surface area contributed by atoms with Crippen LogP contribution in [0.25, 0.3) is 0 Å². The summed E-state index contributed by atoms with van der Waals surface area (Å²) in [5, 5.41) is 0.435. The summed E-state index contributed by atoms with van der Waals surface area (Å²) < 4.78 is 1.16. The number of alkyl halides is 1. The monoisotopic (exact) mass is 301 g/mol. The second-order valence-electron chi connectivity index (χ2n) is 4.76. The molecule has 0 spiro atoms. The summed E-state index contributed by atoms with van der Waals surface area (Å²) in [4.78, 5) is 2.38. The van der Waals surface area contributed by atoms with Gasteiger partial charge in [-0.1, -0.05) is 28.1 Å². The van der Waals surface area contributed by atoms with Crippen molar-refractivity contribution in [1.29, 1.82) is 0 Å². The van der Waals surface area contributed by atoms with Crippen LogP contribution >= 0.6 is 27.5 Å². The Kier molecular flexibility index (Phi) is 4.28. The second-order valence-corrected chi connectivity index (χ2v) is 6.29. The zero-order valence-corrected chi connectivity index (χ0v) is 11.8. The fourth-order valence-electron chi connectivity index (χ4n) is 2.26. The van der Waals surface area contributed by atoms with Gasteiger partial charge in [-0.05, 0) is 43.5 Å². The first-order valence-corrected chi connectivity index (χ1v) is 6.93. The van der Waals surface area contributed by atoms with Gasteiger partial charge in [0.1, 0.15) is 0 Å². The Morgan fingerprint density at radius 1 is 1.44 bits per heavy atom. The normalized spacial score (nSPS) is 24.5. The van der Waals surface area contributed by atoms with Crippen molar-refractivity contribution in [3.8, 4) is 0 Å². The maximum absolute atomic E-state index is 5.98. The van der Waals surface area contributed by atoms with Crippen molar-refractivity contribution in [2.24, 2.45) is 5.92 Å². The van der Waals surface area contributed by atoms with E-state index in [2.05, 4.69) is 52.1 Å². The van der Waals surface area contributed by atoms with E-state index >= 15 is 0 Å². The van der Waals surface area contributed by atoms with Gasteiger partial charge in [0.05, 0.1) is 0 Å². The molecule has 1 aromatic carbocycles. The summed E-state index contributed by atoms with van der Waals surface area (Å²) in [6, 6.07) is 8.51. The Hall–Kier alpha value is -0.0500. The number of halogens is 2. The standard InChI is InChI=1S/C13H17BrClN/c1-16(9-11-6-13(15)7-11)8-10-3-2-4-12(14)5-10/h2-5,11,13H,6-9H2,1H3. The van der Waals surface area contributed by atoms with Crippen LogP contribution in [-0.2, 0) is 6.54 Å². The molecule has 1 fully saturated rings. The van der Waals surface area contributed by atoms with Crippen LogP contribution in [0.15, 0.2) is 28.7 Å². The fraction of sp³-hybridized carbons (Fsp3) is 0.538. The first-order valence-electron chi connectivity index (χ1n) is 5.70. The maximum atomic E-state index is 5.98. The Morgan fingerprint density at radius 2 is 2.19 bits per heavy atom. The molecule has 0 N–H and O–H groups in total. The van der Waals surface area contributed by atoms with Crippen LogP contribution < -0.4 is 0 Å². The molecule has 0 saturated heterocycles. The molecule has 1 saturated carbocycles. The fourth-order valence-corrected chi connectivity index (χ4v) is 3.21. The van der Waals surface area contributed by atoms with E-state index in [-0.39, 0.29) is 0 Å². The quantitative estimate of drug-likeness (QED) is 0.763. The molecule has 2 rings (SSSR count). The van der Waals surface area contributed by atoms with Crippen molar-refractivity contribution in [2.75, 3.05) is 13.6 Å². The van der Waals surface area contributed by atoms with E-state index in [0.29, 0.717) is 5.38 Å². The molecule has 0 heterocycles. The average Bonchev–Trinajstić information content (AvgIpc) is 2.15. The highest BCUT2D eigenvalue weighted by Crippen LogP contribution is 2.32. The number of nitrogens with zero attached hydrogens (tertiary/aromatic N) is 1. The first-order chi connectivity index (χ1) is 7.63. The van der Waals surface area contributed by atoms with Gasteiger partial charge < -0.3 is 4.90 Å². The van der Waals surface area contributed by atoms with Crippen LogP contribution in [0.3, 0.4) is 0 Å². The van der Waals surface area contributed by atoms with Gasteiger partial charge in [-0.3, -0.25) is 0 Å². The van der Waals surface area contributed by atoms with E-state index in [4.69, 9.17) is 11.6 Å². The second kappa shape index (κ2) is 5.52. The molecule has 0 atom stereocenters. The lowest BCUT2D eigenvalue weighted by Crippen LogP contribution is -2.34. The lowest BCUT2D eigenvalue weighted by atomic mass is 9.84. The van der Waals surface area contributed by atoms with E-state index in [0.717, 1.165) is 23.5 Å². The van der Waals surface area contributed by atoms with Crippen LogP contribution in [0, 0.1) is 5.92 Å². The molecule has 1 nitrogen and oxygen atoms in total. The molecule has 3 heteroatoms. The molecule has 1 aliphatic carbocycles. The van der Waals surface area contributed by atoms with Crippen LogP contribution in [0.2, 0.25) is 0 Å². The topological polar surface area (TPSA) is 3.24 Å². The number of hydrogen-bond donors (Lipinski definition) is 0. The maximum Gasteiger partial charge on any atom is 0.0342 e. The number of benzene rings is 1. The van der Waals surface area contributed by atoms with Gasteiger partial charge in [0.2, 0.25) is 0 Å². The molecule has 0 aromatic heterocycles. The van der Waals surface area contributed by atoms with Crippen molar-refractivity contribution < 1.29 is 0 Å². The van der Waals surface area contributed by atoms with Crippen molar-refractivity contribution in [3.63, 3.8) is 0 Å². The minimum Gasteiger partial charge on any atom is -0.302 e. The first kappa shape index (κ1) is 12.4. The summed E-state index contributed by atoms with van der Waals surface area (Å²) in [7, 11) is 2.18.